The quantitative estimate of drug-likeness (QED) is 0.885. The molecule has 0 atom stereocenters. The molecule has 22 heavy (non-hydrogen) atoms. The number of amides is 1. The summed E-state index contributed by atoms with van der Waals surface area (Å²) in [6.45, 7) is 4.20. The Morgan fingerprint density at radius 1 is 1.41 bits per heavy atom. The predicted octanol–water partition coefficient (Wildman–Crippen LogP) is 3.63. The largest absolute Gasteiger partial charge is 0.366 e. The third kappa shape index (κ3) is 2.54. The number of carbonyl (C=O) groups excluding carboxylic acids is 1. The Morgan fingerprint density at radius 2 is 2.18 bits per heavy atom. The van der Waals surface area contributed by atoms with Crippen molar-refractivity contribution in [3.63, 3.8) is 0 Å². The zero-order valence-corrected chi connectivity index (χ0v) is 13.3. The van der Waals surface area contributed by atoms with Crippen molar-refractivity contribution in [2.75, 3.05) is 0 Å². The van der Waals surface area contributed by atoms with Crippen LogP contribution in [0.2, 0.25) is 0 Å². The number of pyridine rings is 1. The first kappa shape index (κ1) is 14.8. The zero-order chi connectivity index (χ0) is 15.7. The van der Waals surface area contributed by atoms with Crippen LogP contribution in [0.15, 0.2) is 24.4 Å². The fraction of sp³-hybridized carbons (Fsp3) is 0.444. The van der Waals surface area contributed by atoms with Gasteiger partial charge in [-0.15, -0.1) is 0 Å². The van der Waals surface area contributed by atoms with Crippen LogP contribution in [0.3, 0.4) is 0 Å². The number of hydrogen-bond acceptors (Lipinski definition) is 2. The summed E-state index contributed by atoms with van der Waals surface area (Å²) >= 11 is 0. The minimum absolute atomic E-state index is 0.352. The van der Waals surface area contributed by atoms with E-state index in [0.29, 0.717) is 11.6 Å². The van der Waals surface area contributed by atoms with Crippen molar-refractivity contribution in [3.05, 3.63) is 41.3 Å². The van der Waals surface area contributed by atoms with Crippen molar-refractivity contribution >= 4 is 5.91 Å². The maximum absolute atomic E-state index is 12.1. The third-order valence-corrected chi connectivity index (χ3v) is 4.40. The molecule has 2 heterocycles. The molecule has 0 aromatic carbocycles. The summed E-state index contributed by atoms with van der Waals surface area (Å²) in [4.78, 5) is 16.6. The van der Waals surface area contributed by atoms with E-state index in [2.05, 4.69) is 16.5 Å². The molecule has 1 amide bonds. The molecule has 1 aliphatic rings. The van der Waals surface area contributed by atoms with Crippen molar-refractivity contribution in [1.82, 2.24) is 9.55 Å². The number of nitrogens with two attached hydrogens (primary N) is 1. The summed E-state index contributed by atoms with van der Waals surface area (Å²) in [6.07, 6.45) is 7.35. The Morgan fingerprint density at radius 3 is 2.73 bits per heavy atom. The molecule has 0 unspecified atom stereocenters. The molecule has 4 nitrogen and oxygen atoms in total. The van der Waals surface area contributed by atoms with Gasteiger partial charge in [0.15, 0.2) is 0 Å². The van der Waals surface area contributed by atoms with E-state index < -0.39 is 0 Å². The first-order valence-electron chi connectivity index (χ1n) is 8.10. The third-order valence-electron chi connectivity index (χ3n) is 4.40. The van der Waals surface area contributed by atoms with Crippen LogP contribution in [-0.2, 0) is 6.42 Å². The van der Waals surface area contributed by atoms with Crippen LogP contribution < -0.4 is 5.73 Å². The second-order valence-corrected chi connectivity index (χ2v) is 6.07. The van der Waals surface area contributed by atoms with Gasteiger partial charge < -0.3 is 10.3 Å². The van der Waals surface area contributed by atoms with E-state index in [4.69, 9.17) is 5.73 Å². The number of rotatable bonds is 6. The second-order valence-electron chi connectivity index (χ2n) is 6.07. The predicted molar refractivity (Wildman–Crippen MR) is 87.8 cm³/mol. The molecule has 0 saturated heterocycles. The van der Waals surface area contributed by atoms with E-state index in [1.807, 2.05) is 25.1 Å². The monoisotopic (exact) mass is 297 g/mol. The second kappa shape index (κ2) is 5.95. The van der Waals surface area contributed by atoms with Gasteiger partial charge in [-0.2, -0.15) is 0 Å². The van der Waals surface area contributed by atoms with Gasteiger partial charge >= 0.3 is 0 Å². The SMILES string of the molecule is CCCCc1c(-c2ccccn2)c(C(N)=O)c(C)n1C1CC1. The molecular formula is C18H23N3O. The molecule has 1 fully saturated rings. The van der Waals surface area contributed by atoms with E-state index in [0.717, 1.165) is 36.2 Å². The summed E-state index contributed by atoms with van der Waals surface area (Å²) in [5, 5.41) is 0. The van der Waals surface area contributed by atoms with Gasteiger partial charge in [-0.05, 0) is 44.7 Å². The Labute approximate surface area is 131 Å². The topological polar surface area (TPSA) is 60.9 Å². The summed E-state index contributed by atoms with van der Waals surface area (Å²) in [5.41, 5.74) is 10.4. The van der Waals surface area contributed by atoms with Crippen molar-refractivity contribution in [3.8, 4) is 11.3 Å². The molecule has 2 aromatic rings. The average Bonchev–Trinajstić information content (AvgIpc) is 3.29. The standard InChI is InChI=1S/C18H23N3O/c1-3-4-8-15-17(14-7-5-6-11-20-14)16(18(19)22)12(2)21(15)13-9-10-13/h5-7,11,13H,3-4,8-10H2,1-2H3,(H2,19,22). The molecule has 0 bridgehead atoms. The van der Waals surface area contributed by atoms with Gasteiger partial charge in [-0.3, -0.25) is 9.78 Å². The number of primary amides is 1. The van der Waals surface area contributed by atoms with Crippen LogP contribution in [0.4, 0.5) is 0 Å². The van der Waals surface area contributed by atoms with Crippen molar-refractivity contribution < 1.29 is 4.79 Å². The lowest BCUT2D eigenvalue weighted by Gasteiger charge is -2.11. The highest BCUT2D eigenvalue weighted by Crippen LogP contribution is 2.43. The maximum Gasteiger partial charge on any atom is 0.251 e. The minimum Gasteiger partial charge on any atom is -0.366 e. The molecule has 4 heteroatoms. The van der Waals surface area contributed by atoms with E-state index in [-0.39, 0.29) is 5.91 Å². The van der Waals surface area contributed by atoms with Gasteiger partial charge in [-0.1, -0.05) is 19.4 Å². The van der Waals surface area contributed by atoms with Crippen LogP contribution in [0, 0.1) is 6.92 Å². The molecule has 0 spiro atoms. The smallest absolute Gasteiger partial charge is 0.251 e. The lowest BCUT2D eigenvalue weighted by atomic mass is 10.0. The van der Waals surface area contributed by atoms with Crippen molar-refractivity contribution in [1.29, 1.82) is 0 Å². The van der Waals surface area contributed by atoms with Gasteiger partial charge in [0.1, 0.15) is 0 Å². The highest BCUT2D eigenvalue weighted by Gasteiger charge is 2.32. The normalized spacial score (nSPS) is 14.3. The van der Waals surface area contributed by atoms with Gasteiger partial charge in [0.2, 0.25) is 0 Å². The van der Waals surface area contributed by atoms with Crippen LogP contribution in [0.1, 0.15) is 60.4 Å². The number of carbonyl (C=O) groups is 1. The number of hydrogen-bond donors (Lipinski definition) is 1. The molecular weight excluding hydrogens is 274 g/mol. The van der Waals surface area contributed by atoms with E-state index in [1.54, 1.807) is 6.20 Å². The van der Waals surface area contributed by atoms with Crippen LogP contribution in [0.25, 0.3) is 11.3 Å². The summed E-state index contributed by atoms with van der Waals surface area (Å²) in [6, 6.07) is 6.35. The van der Waals surface area contributed by atoms with Crippen LogP contribution >= 0.6 is 0 Å². The molecule has 1 saturated carbocycles. The lowest BCUT2D eigenvalue weighted by Crippen LogP contribution is -2.13. The molecule has 116 valence electrons. The Bertz CT molecular complexity index is 684. The first-order chi connectivity index (χ1) is 10.6. The molecule has 2 aromatic heterocycles. The molecule has 1 aliphatic carbocycles. The molecule has 2 N–H and O–H groups in total. The molecule has 0 radical (unpaired) electrons. The molecule has 3 rings (SSSR count). The Hall–Kier alpha value is -2.10. The fourth-order valence-electron chi connectivity index (χ4n) is 3.27. The average molecular weight is 297 g/mol. The lowest BCUT2D eigenvalue weighted by molar-refractivity contribution is 0.1000. The summed E-state index contributed by atoms with van der Waals surface area (Å²) in [7, 11) is 0. The van der Waals surface area contributed by atoms with Crippen LogP contribution in [0.5, 0.6) is 0 Å². The molecule has 0 aliphatic heterocycles. The first-order valence-corrected chi connectivity index (χ1v) is 8.10. The van der Waals surface area contributed by atoms with Crippen LogP contribution in [-0.4, -0.2) is 15.5 Å². The van der Waals surface area contributed by atoms with Gasteiger partial charge in [0.25, 0.3) is 5.91 Å². The van der Waals surface area contributed by atoms with Crippen molar-refractivity contribution in [2.24, 2.45) is 5.73 Å². The van der Waals surface area contributed by atoms with E-state index in [1.165, 1.54) is 18.5 Å². The minimum atomic E-state index is -0.352. The zero-order valence-electron chi connectivity index (χ0n) is 13.3. The number of unbranched alkanes of at least 4 members (excludes halogenated alkanes) is 1. The Kier molecular flexibility index (Phi) is 4.01. The van der Waals surface area contributed by atoms with Gasteiger partial charge in [0.05, 0.1) is 11.3 Å². The fourth-order valence-corrected chi connectivity index (χ4v) is 3.27. The summed E-state index contributed by atoms with van der Waals surface area (Å²) in [5.74, 6) is -0.352. The van der Waals surface area contributed by atoms with Gasteiger partial charge in [0, 0.05) is 29.2 Å². The highest BCUT2D eigenvalue weighted by atomic mass is 16.1. The summed E-state index contributed by atoms with van der Waals surface area (Å²) < 4.78 is 2.35. The van der Waals surface area contributed by atoms with Crippen molar-refractivity contribution in [2.45, 2.75) is 52.0 Å². The number of aromatic nitrogens is 2. The van der Waals surface area contributed by atoms with E-state index in [9.17, 15) is 4.79 Å². The highest BCUT2D eigenvalue weighted by molar-refractivity contribution is 6.01. The Balaban J connectivity index is 2.23. The van der Waals surface area contributed by atoms with E-state index >= 15 is 0 Å². The van der Waals surface area contributed by atoms with Gasteiger partial charge in [-0.25, -0.2) is 0 Å². The maximum atomic E-state index is 12.1. The number of nitrogens with zero attached hydrogens (tertiary/aromatic N) is 2.